The molecule has 0 aromatic heterocycles. The average Bonchev–Trinajstić information content (AvgIpc) is 2.36. The van der Waals surface area contributed by atoms with E-state index in [0.29, 0.717) is 5.88 Å². The molecule has 3 heteroatoms. The van der Waals surface area contributed by atoms with Gasteiger partial charge in [0.25, 0.3) is 0 Å². The van der Waals surface area contributed by atoms with E-state index in [0.717, 1.165) is 27.1 Å². The fourth-order valence-electron chi connectivity index (χ4n) is 1.69. The lowest BCUT2D eigenvalue weighted by molar-refractivity contribution is 0.474. The van der Waals surface area contributed by atoms with Gasteiger partial charge in [-0.3, -0.25) is 0 Å². The zero-order valence-corrected chi connectivity index (χ0v) is 12.7. The van der Waals surface area contributed by atoms with E-state index in [-0.39, 0.29) is 0 Å². The highest BCUT2D eigenvalue weighted by molar-refractivity contribution is 9.10. The Hall–Kier alpha value is -0.990. The van der Waals surface area contributed by atoms with Crippen molar-refractivity contribution in [3.05, 3.63) is 57.6 Å². The molecule has 0 unspecified atom stereocenters. The van der Waals surface area contributed by atoms with Crippen LogP contribution >= 0.6 is 27.5 Å². The van der Waals surface area contributed by atoms with Crippen molar-refractivity contribution in [2.24, 2.45) is 0 Å². The van der Waals surface area contributed by atoms with Crippen molar-refractivity contribution in [1.29, 1.82) is 0 Å². The Bertz CT molecular complexity index is 566. The van der Waals surface area contributed by atoms with Gasteiger partial charge < -0.3 is 4.74 Å². The Balaban J connectivity index is 2.36. The van der Waals surface area contributed by atoms with Crippen LogP contribution in [0.3, 0.4) is 0 Å². The molecular formula is C15H14BrClO. The van der Waals surface area contributed by atoms with Crippen LogP contribution in [0.4, 0.5) is 0 Å². The first-order valence-electron chi connectivity index (χ1n) is 5.69. The third-order valence-electron chi connectivity index (χ3n) is 2.73. The summed E-state index contributed by atoms with van der Waals surface area (Å²) in [7, 11) is 0. The van der Waals surface area contributed by atoms with Crippen LogP contribution < -0.4 is 4.74 Å². The Kier molecular flexibility index (Phi) is 4.31. The summed E-state index contributed by atoms with van der Waals surface area (Å²) < 4.78 is 6.97. The monoisotopic (exact) mass is 324 g/mol. The predicted octanol–water partition coefficient (Wildman–Crippen LogP) is 5.60. The van der Waals surface area contributed by atoms with Gasteiger partial charge in [0.05, 0.1) is 5.88 Å². The number of halogens is 2. The van der Waals surface area contributed by atoms with Crippen LogP contribution in [0.15, 0.2) is 40.9 Å². The highest BCUT2D eigenvalue weighted by Crippen LogP contribution is 2.31. The maximum atomic E-state index is 5.96. The lowest BCUT2D eigenvalue weighted by Crippen LogP contribution is -1.92. The molecule has 94 valence electrons. The zero-order valence-electron chi connectivity index (χ0n) is 10.3. The number of hydrogen-bond acceptors (Lipinski definition) is 1. The molecule has 0 radical (unpaired) electrons. The van der Waals surface area contributed by atoms with Crippen molar-refractivity contribution < 1.29 is 4.74 Å². The standard InChI is InChI=1S/C15H14BrClO/c1-10-3-4-11(2)15(7-10)18-14-6-5-13(16)8-12(14)9-17/h3-8H,9H2,1-2H3. The summed E-state index contributed by atoms with van der Waals surface area (Å²) >= 11 is 9.37. The second-order valence-corrected chi connectivity index (χ2v) is 5.44. The average molecular weight is 326 g/mol. The van der Waals surface area contributed by atoms with Gasteiger partial charge in [0.15, 0.2) is 0 Å². The van der Waals surface area contributed by atoms with Gasteiger partial charge in [-0.2, -0.15) is 0 Å². The second-order valence-electron chi connectivity index (χ2n) is 4.26. The van der Waals surface area contributed by atoms with E-state index in [9.17, 15) is 0 Å². The lowest BCUT2D eigenvalue weighted by Gasteiger charge is -2.12. The van der Waals surface area contributed by atoms with E-state index >= 15 is 0 Å². The molecule has 2 aromatic rings. The maximum Gasteiger partial charge on any atom is 0.131 e. The first kappa shape index (κ1) is 13.4. The van der Waals surface area contributed by atoms with Gasteiger partial charge in [-0.1, -0.05) is 28.1 Å². The van der Waals surface area contributed by atoms with E-state index in [1.165, 1.54) is 5.56 Å². The fraction of sp³-hybridized carbons (Fsp3) is 0.200. The molecule has 0 aliphatic carbocycles. The Morgan fingerprint density at radius 1 is 1.06 bits per heavy atom. The second kappa shape index (κ2) is 5.77. The third-order valence-corrected chi connectivity index (χ3v) is 3.51. The third kappa shape index (κ3) is 3.06. The van der Waals surface area contributed by atoms with Crippen molar-refractivity contribution in [3.8, 4) is 11.5 Å². The molecule has 0 heterocycles. The number of hydrogen-bond donors (Lipinski definition) is 0. The largest absolute Gasteiger partial charge is 0.457 e. The van der Waals surface area contributed by atoms with E-state index < -0.39 is 0 Å². The van der Waals surface area contributed by atoms with E-state index in [2.05, 4.69) is 35.0 Å². The van der Waals surface area contributed by atoms with Crippen molar-refractivity contribution in [3.63, 3.8) is 0 Å². The molecule has 0 spiro atoms. The molecule has 0 N–H and O–H groups in total. The topological polar surface area (TPSA) is 9.23 Å². The minimum absolute atomic E-state index is 0.430. The van der Waals surface area contributed by atoms with Crippen molar-refractivity contribution in [2.45, 2.75) is 19.7 Å². The molecule has 2 rings (SSSR count). The first-order chi connectivity index (χ1) is 8.60. The molecule has 2 aromatic carbocycles. The summed E-state index contributed by atoms with van der Waals surface area (Å²) in [6, 6.07) is 12.0. The Labute approximate surface area is 121 Å². The van der Waals surface area contributed by atoms with Gasteiger partial charge in [-0.15, -0.1) is 11.6 Å². The summed E-state index contributed by atoms with van der Waals surface area (Å²) in [4.78, 5) is 0. The number of benzene rings is 2. The fourth-order valence-corrected chi connectivity index (χ4v) is 2.31. The first-order valence-corrected chi connectivity index (χ1v) is 7.02. The van der Waals surface area contributed by atoms with Gasteiger partial charge >= 0.3 is 0 Å². The van der Waals surface area contributed by atoms with Crippen LogP contribution in [0.5, 0.6) is 11.5 Å². The molecule has 0 saturated carbocycles. The summed E-state index contributed by atoms with van der Waals surface area (Å²) in [5.41, 5.74) is 3.27. The molecule has 0 atom stereocenters. The van der Waals surface area contributed by atoms with Crippen molar-refractivity contribution in [1.82, 2.24) is 0 Å². The van der Waals surface area contributed by atoms with Crippen LogP contribution in [0.1, 0.15) is 16.7 Å². The quantitative estimate of drug-likeness (QED) is 0.668. The highest BCUT2D eigenvalue weighted by Gasteiger charge is 2.07. The molecule has 18 heavy (non-hydrogen) atoms. The summed E-state index contributed by atoms with van der Waals surface area (Å²) in [5, 5.41) is 0. The summed E-state index contributed by atoms with van der Waals surface area (Å²) in [6.07, 6.45) is 0. The number of alkyl halides is 1. The normalized spacial score (nSPS) is 10.4. The minimum Gasteiger partial charge on any atom is -0.457 e. The molecule has 0 fully saturated rings. The van der Waals surface area contributed by atoms with E-state index in [1.807, 2.05) is 31.2 Å². The van der Waals surface area contributed by atoms with Crippen LogP contribution in [-0.2, 0) is 5.88 Å². The van der Waals surface area contributed by atoms with Crippen LogP contribution in [0, 0.1) is 13.8 Å². The molecule has 0 bridgehead atoms. The summed E-state index contributed by atoms with van der Waals surface area (Å²) in [5.74, 6) is 2.12. The van der Waals surface area contributed by atoms with Gasteiger partial charge in [0.2, 0.25) is 0 Å². The van der Waals surface area contributed by atoms with Crippen LogP contribution in [-0.4, -0.2) is 0 Å². The minimum atomic E-state index is 0.430. The highest BCUT2D eigenvalue weighted by atomic mass is 79.9. The Morgan fingerprint density at radius 3 is 2.56 bits per heavy atom. The van der Waals surface area contributed by atoms with Gasteiger partial charge in [0, 0.05) is 10.0 Å². The van der Waals surface area contributed by atoms with E-state index in [1.54, 1.807) is 0 Å². The lowest BCUT2D eigenvalue weighted by atomic mass is 10.1. The van der Waals surface area contributed by atoms with Gasteiger partial charge in [0.1, 0.15) is 11.5 Å². The smallest absolute Gasteiger partial charge is 0.131 e. The van der Waals surface area contributed by atoms with Gasteiger partial charge in [-0.25, -0.2) is 0 Å². The van der Waals surface area contributed by atoms with E-state index in [4.69, 9.17) is 16.3 Å². The molecule has 1 nitrogen and oxygen atoms in total. The molecular weight excluding hydrogens is 312 g/mol. The molecule has 0 aliphatic rings. The van der Waals surface area contributed by atoms with Crippen LogP contribution in [0.25, 0.3) is 0 Å². The van der Waals surface area contributed by atoms with Crippen LogP contribution in [0.2, 0.25) is 0 Å². The van der Waals surface area contributed by atoms with Gasteiger partial charge in [-0.05, 0) is 49.2 Å². The Morgan fingerprint density at radius 2 is 1.83 bits per heavy atom. The number of aryl methyl sites for hydroxylation is 2. The molecule has 0 amide bonds. The number of ether oxygens (including phenoxy) is 1. The predicted molar refractivity (Wildman–Crippen MR) is 79.7 cm³/mol. The number of rotatable bonds is 3. The van der Waals surface area contributed by atoms with Crippen molar-refractivity contribution >= 4 is 27.5 Å². The van der Waals surface area contributed by atoms with Crippen molar-refractivity contribution in [2.75, 3.05) is 0 Å². The molecule has 0 saturated heterocycles. The molecule has 0 aliphatic heterocycles. The zero-order chi connectivity index (χ0) is 13.1. The summed E-state index contributed by atoms with van der Waals surface area (Å²) in [6.45, 7) is 4.09. The SMILES string of the molecule is Cc1ccc(C)c(Oc2ccc(Br)cc2CCl)c1. The maximum absolute atomic E-state index is 5.96.